The zero-order valence-electron chi connectivity index (χ0n) is 29.2. The first-order valence-electron chi connectivity index (χ1n) is 18.0. The second kappa shape index (κ2) is 11.1. The predicted octanol–water partition coefficient (Wildman–Crippen LogP) is 12.2. The molecule has 53 heavy (non-hydrogen) atoms. The summed E-state index contributed by atoms with van der Waals surface area (Å²) < 4.78 is 8.67. The molecule has 11 rings (SSSR count). The monoisotopic (exact) mass is 680 g/mol. The van der Waals surface area contributed by atoms with Gasteiger partial charge in [0.25, 0.3) is 0 Å². The molecule has 3 aromatic heterocycles. The standard InChI is InChI=1S/C48H32N4O/c1-48(2)39-19-11-9-17-33(39)36-27-37-34-18-10-12-20-41(34)52(42(37)28-40(36)48)47-50-45(30-15-7-4-8-16-30)49-46(51-47)32-21-23-35-38-25-31(29-13-5-3-6-14-29)22-24-43(38)53-44(35)26-32/h3-28H,1-2H3. The Hall–Kier alpha value is -6.85. The van der Waals surface area contributed by atoms with Crippen LogP contribution in [0.3, 0.4) is 0 Å². The maximum absolute atomic E-state index is 6.45. The molecule has 10 aromatic rings. The lowest BCUT2D eigenvalue weighted by atomic mass is 9.82. The van der Waals surface area contributed by atoms with Crippen LogP contribution in [0.1, 0.15) is 25.0 Å². The highest BCUT2D eigenvalue weighted by atomic mass is 16.3. The molecule has 0 N–H and O–H groups in total. The van der Waals surface area contributed by atoms with E-state index in [1.807, 2.05) is 36.4 Å². The summed E-state index contributed by atoms with van der Waals surface area (Å²) in [5, 5.41) is 4.47. The Morgan fingerprint density at radius 2 is 1.13 bits per heavy atom. The van der Waals surface area contributed by atoms with E-state index >= 15 is 0 Å². The van der Waals surface area contributed by atoms with Gasteiger partial charge in [0, 0.05) is 38.1 Å². The van der Waals surface area contributed by atoms with Crippen LogP contribution in [-0.2, 0) is 5.41 Å². The van der Waals surface area contributed by atoms with Gasteiger partial charge in [0.1, 0.15) is 11.2 Å². The van der Waals surface area contributed by atoms with Crippen LogP contribution in [0.4, 0.5) is 0 Å². The van der Waals surface area contributed by atoms with Crippen molar-refractivity contribution in [2.75, 3.05) is 0 Å². The van der Waals surface area contributed by atoms with E-state index in [0.717, 1.165) is 55.0 Å². The molecule has 7 aromatic carbocycles. The van der Waals surface area contributed by atoms with E-state index in [9.17, 15) is 0 Å². The van der Waals surface area contributed by atoms with Gasteiger partial charge >= 0.3 is 0 Å². The van der Waals surface area contributed by atoms with E-state index in [4.69, 9.17) is 19.4 Å². The minimum absolute atomic E-state index is 0.148. The molecular formula is C48H32N4O. The van der Waals surface area contributed by atoms with Gasteiger partial charge in [-0.1, -0.05) is 129 Å². The van der Waals surface area contributed by atoms with Crippen LogP contribution in [0.15, 0.2) is 162 Å². The SMILES string of the molecule is CC1(C)c2ccccc2-c2cc3c4ccccc4n(-c4nc(-c5ccccc5)nc(-c5ccc6c(c5)oc5ccc(-c7ccccc7)cc56)n4)c3cc21. The van der Waals surface area contributed by atoms with Crippen LogP contribution in [0, 0.1) is 0 Å². The van der Waals surface area contributed by atoms with E-state index in [0.29, 0.717) is 17.6 Å². The fourth-order valence-electron chi connectivity index (χ4n) is 8.42. The summed E-state index contributed by atoms with van der Waals surface area (Å²) in [6.07, 6.45) is 0. The van der Waals surface area contributed by atoms with Crippen molar-refractivity contribution in [3.8, 4) is 51.0 Å². The zero-order chi connectivity index (χ0) is 35.3. The molecule has 3 heterocycles. The lowest BCUT2D eigenvalue weighted by Crippen LogP contribution is -2.15. The normalized spacial score (nSPS) is 13.2. The third-order valence-corrected chi connectivity index (χ3v) is 11.1. The molecule has 0 unspecified atom stereocenters. The molecule has 5 heteroatoms. The molecule has 0 atom stereocenters. The third-order valence-electron chi connectivity index (χ3n) is 11.1. The van der Waals surface area contributed by atoms with E-state index in [1.165, 1.54) is 33.2 Å². The summed E-state index contributed by atoms with van der Waals surface area (Å²) in [5.41, 5.74) is 13.0. The fourth-order valence-corrected chi connectivity index (χ4v) is 8.42. The Morgan fingerprint density at radius 1 is 0.434 bits per heavy atom. The first-order chi connectivity index (χ1) is 26.0. The molecule has 0 bridgehead atoms. The number of rotatable bonds is 4. The Kier molecular flexibility index (Phi) is 6.23. The third kappa shape index (κ3) is 4.47. The van der Waals surface area contributed by atoms with Crippen molar-refractivity contribution in [1.29, 1.82) is 0 Å². The molecular weight excluding hydrogens is 649 g/mol. The zero-order valence-corrected chi connectivity index (χ0v) is 29.2. The molecule has 0 saturated heterocycles. The van der Waals surface area contributed by atoms with Gasteiger partial charge in [-0.05, 0) is 75.8 Å². The van der Waals surface area contributed by atoms with Gasteiger partial charge < -0.3 is 4.42 Å². The predicted molar refractivity (Wildman–Crippen MR) is 215 cm³/mol. The molecule has 0 radical (unpaired) electrons. The Morgan fingerprint density at radius 3 is 1.96 bits per heavy atom. The molecule has 0 amide bonds. The van der Waals surface area contributed by atoms with Crippen molar-refractivity contribution in [1.82, 2.24) is 19.5 Å². The molecule has 1 aliphatic carbocycles. The maximum Gasteiger partial charge on any atom is 0.238 e. The minimum Gasteiger partial charge on any atom is -0.456 e. The Bertz CT molecular complexity index is 3080. The van der Waals surface area contributed by atoms with E-state index in [2.05, 4.69) is 140 Å². The first kappa shape index (κ1) is 29.8. The largest absolute Gasteiger partial charge is 0.456 e. The number of aromatic nitrogens is 4. The smallest absolute Gasteiger partial charge is 0.238 e. The number of furan rings is 1. The average molecular weight is 681 g/mol. The second-order valence-corrected chi connectivity index (χ2v) is 14.5. The van der Waals surface area contributed by atoms with Crippen molar-refractivity contribution in [2.24, 2.45) is 0 Å². The van der Waals surface area contributed by atoms with Gasteiger partial charge in [-0.3, -0.25) is 4.57 Å². The number of fused-ring (bicyclic) bond motifs is 9. The van der Waals surface area contributed by atoms with Gasteiger partial charge in [0.2, 0.25) is 5.95 Å². The second-order valence-electron chi connectivity index (χ2n) is 14.5. The van der Waals surface area contributed by atoms with Crippen LogP contribution >= 0.6 is 0 Å². The average Bonchev–Trinajstić information content (AvgIpc) is 3.82. The first-order valence-corrected chi connectivity index (χ1v) is 18.0. The summed E-state index contributed by atoms with van der Waals surface area (Å²) in [6.45, 7) is 4.64. The molecule has 0 fully saturated rings. The van der Waals surface area contributed by atoms with Gasteiger partial charge in [0.15, 0.2) is 11.6 Å². The van der Waals surface area contributed by atoms with Crippen molar-refractivity contribution in [3.05, 3.63) is 169 Å². The minimum atomic E-state index is -0.148. The lowest BCUT2D eigenvalue weighted by Gasteiger charge is -2.21. The highest BCUT2D eigenvalue weighted by Crippen LogP contribution is 2.51. The summed E-state index contributed by atoms with van der Waals surface area (Å²) in [7, 11) is 0. The fraction of sp³-hybridized carbons (Fsp3) is 0.0625. The van der Waals surface area contributed by atoms with E-state index in [1.54, 1.807) is 0 Å². The molecule has 5 nitrogen and oxygen atoms in total. The number of hydrogen-bond acceptors (Lipinski definition) is 4. The molecule has 250 valence electrons. The van der Waals surface area contributed by atoms with E-state index < -0.39 is 0 Å². The van der Waals surface area contributed by atoms with Crippen LogP contribution in [0.25, 0.3) is 94.7 Å². The van der Waals surface area contributed by atoms with Crippen LogP contribution in [0.5, 0.6) is 0 Å². The van der Waals surface area contributed by atoms with Gasteiger partial charge in [0.05, 0.1) is 11.0 Å². The molecule has 1 aliphatic rings. The summed E-state index contributed by atoms with van der Waals surface area (Å²) in [6, 6.07) is 55.3. The van der Waals surface area contributed by atoms with Gasteiger partial charge in [-0.2, -0.15) is 9.97 Å². The number of benzene rings is 7. The molecule has 0 spiro atoms. The van der Waals surface area contributed by atoms with Gasteiger partial charge in [-0.25, -0.2) is 4.98 Å². The van der Waals surface area contributed by atoms with Crippen molar-refractivity contribution >= 4 is 43.7 Å². The maximum atomic E-state index is 6.45. The number of para-hydroxylation sites is 1. The Balaban J connectivity index is 1.13. The van der Waals surface area contributed by atoms with Crippen molar-refractivity contribution < 1.29 is 4.42 Å². The summed E-state index contributed by atoms with van der Waals surface area (Å²) >= 11 is 0. The topological polar surface area (TPSA) is 56.7 Å². The highest BCUT2D eigenvalue weighted by Gasteiger charge is 2.36. The van der Waals surface area contributed by atoms with Crippen LogP contribution in [-0.4, -0.2) is 19.5 Å². The lowest BCUT2D eigenvalue weighted by molar-refractivity contribution is 0.661. The summed E-state index contributed by atoms with van der Waals surface area (Å²) in [4.78, 5) is 15.5. The van der Waals surface area contributed by atoms with Crippen LogP contribution in [0.2, 0.25) is 0 Å². The Labute approximate surface area is 305 Å². The molecule has 0 saturated carbocycles. The number of hydrogen-bond donors (Lipinski definition) is 0. The van der Waals surface area contributed by atoms with E-state index in [-0.39, 0.29) is 5.41 Å². The van der Waals surface area contributed by atoms with Gasteiger partial charge in [-0.15, -0.1) is 0 Å². The van der Waals surface area contributed by atoms with Crippen LogP contribution < -0.4 is 0 Å². The number of nitrogens with zero attached hydrogens (tertiary/aromatic N) is 4. The quantitative estimate of drug-likeness (QED) is 0.186. The highest BCUT2D eigenvalue weighted by molar-refractivity contribution is 6.11. The summed E-state index contributed by atoms with van der Waals surface area (Å²) in [5.74, 6) is 1.77. The van der Waals surface area contributed by atoms with Crippen molar-refractivity contribution in [3.63, 3.8) is 0 Å². The molecule has 0 aliphatic heterocycles. The van der Waals surface area contributed by atoms with Crippen molar-refractivity contribution in [2.45, 2.75) is 19.3 Å².